The Hall–Kier alpha value is -1.43. The Bertz CT molecular complexity index is 496. The van der Waals surface area contributed by atoms with Gasteiger partial charge in [0.15, 0.2) is 5.78 Å². The van der Waals surface area contributed by atoms with Gasteiger partial charge < -0.3 is 9.64 Å². The Balaban J connectivity index is 2.02. The number of nitrogens with zero attached hydrogens (tertiary/aromatic N) is 2. The predicted octanol–water partition coefficient (Wildman–Crippen LogP) is 0.304. The lowest BCUT2D eigenvalue weighted by Gasteiger charge is -2.36. The molecule has 3 heterocycles. The van der Waals surface area contributed by atoms with Gasteiger partial charge in [-0.2, -0.15) is 0 Å². The quantitative estimate of drug-likeness (QED) is 0.510. The summed E-state index contributed by atoms with van der Waals surface area (Å²) in [5, 5.41) is 0. The van der Waals surface area contributed by atoms with Crippen LogP contribution in [0.5, 0.6) is 0 Å². The first-order valence-corrected chi connectivity index (χ1v) is 7.11. The van der Waals surface area contributed by atoms with Crippen LogP contribution in [0.1, 0.15) is 40.0 Å². The number of amides is 1. The van der Waals surface area contributed by atoms with Crippen LogP contribution in [-0.4, -0.2) is 57.9 Å². The molecule has 0 aromatic heterocycles. The van der Waals surface area contributed by atoms with Gasteiger partial charge in [-0.25, -0.2) is 4.79 Å². The normalized spacial score (nSPS) is 33.5. The van der Waals surface area contributed by atoms with Crippen LogP contribution >= 0.6 is 0 Å². The van der Waals surface area contributed by atoms with E-state index >= 15 is 0 Å². The maximum atomic E-state index is 12.7. The van der Waals surface area contributed by atoms with Gasteiger partial charge in [-0.15, -0.1) is 0 Å². The molecule has 0 spiro atoms. The van der Waals surface area contributed by atoms with Crippen molar-refractivity contribution in [2.45, 2.75) is 57.3 Å². The van der Waals surface area contributed by atoms with Crippen LogP contribution in [0.4, 0.5) is 0 Å². The number of fused-ring (bicyclic) bond motifs is 3. The molecule has 0 saturated carbocycles. The predicted molar refractivity (Wildman–Crippen MR) is 69.6 cm³/mol. The van der Waals surface area contributed by atoms with Crippen LogP contribution in [0.2, 0.25) is 0 Å². The Morgan fingerprint density at radius 1 is 1.30 bits per heavy atom. The average Bonchev–Trinajstić information content (AvgIpc) is 2.90. The summed E-state index contributed by atoms with van der Waals surface area (Å²) in [5.74, 6) is -0.909. The molecule has 20 heavy (non-hydrogen) atoms. The van der Waals surface area contributed by atoms with Gasteiger partial charge in [0.1, 0.15) is 5.60 Å². The van der Waals surface area contributed by atoms with Crippen molar-refractivity contribution in [1.82, 2.24) is 9.80 Å². The molecule has 1 amide bonds. The van der Waals surface area contributed by atoms with Gasteiger partial charge in [0.2, 0.25) is 5.91 Å². The van der Waals surface area contributed by atoms with Gasteiger partial charge in [0, 0.05) is 32.0 Å². The first-order chi connectivity index (χ1) is 9.26. The number of rotatable bonds is 1. The number of hydrogen-bond acceptors (Lipinski definition) is 5. The molecule has 0 aliphatic carbocycles. The fourth-order valence-electron chi connectivity index (χ4n) is 3.56. The van der Waals surface area contributed by atoms with Crippen LogP contribution < -0.4 is 0 Å². The van der Waals surface area contributed by atoms with Gasteiger partial charge in [0.05, 0.1) is 0 Å². The van der Waals surface area contributed by atoms with Gasteiger partial charge >= 0.3 is 5.97 Å². The van der Waals surface area contributed by atoms with E-state index in [9.17, 15) is 14.4 Å². The topological polar surface area (TPSA) is 66.9 Å². The summed E-state index contributed by atoms with van der Waals surface area (Å²) in [5.41, 5.74) is -2.16. The molecule has 0 bridgehead atoms. The summed E-state index contributed by atoms with van der Waals surface area (Å²) >= 11 is 0. The van der Waals surface area contributed by atoms with Crippen LogP contribution in [0, 0.1) is 0 Å². The van der Waals surface area contributed by atoms with Crippen molar-refractivity contribution in [2.24, 2.45) is 0 Å². The highest BCUT2D eigenvalue weighted by molar-refractivity contribution is 6.12. The van der Waals surface area contributed by atoms with Crippen LogP contribution in [0.15, 0.2) is 0 Å². The molecule has 110 valence electrons. The Morgan fingerprint density at radius 2 is 2.00 bits per heavy atom. The fraction of sp³-hybridized carbons (Fsp3) is 0.786. The molecule has 0 unspecified atom stereocenters. The molecule has 0 aromatic rings. The van der Waals surface area contributed by atoms with Crippen molar-refractivity contribution >= 4 is 17.7 Å². The fourth-order valence-corrected chi connectivity index (χ4v) is 3.56. The van der Waals surface area contributed by atoms with Crippen LogP contribution in [0.25, 0.3) is 0 Å². The first-order valence-electron chi connectivity index (χ1n) is 7.11. The molecule has 3 aliphatic rings. The van der Waals surface area contributed by atoms with Gasteiger partial charge in [-0.1, -0.05) is 0 Å². The second-order valence-electron chi connectivity index (χ2n) is 6.75. The third kappa shape index (κ3) is 1.63. The SMILES string of the molecule is CC(C)(C)OC(=O)[C@]12C(=O)CCN1C[C@@H]1CCC(=O)N12. The lowest BCUT2D eigenvalue weighted by atomic mass is 10.0. The molecular weight excluding hydrogens is 260 g/mol. The summed E-state index contributed by atoms with van der Waals surface area (Å²) in [4.78, 5) is 40.6. The first kappa shape index (κ1) is 13.5. The summed E-state index contributed by atoms with van der Waals surface area (Å²) in [6.07, 6.45) is 1.43. The lowest BCUT2D eigenvalue weighted by molar-refractivity contribution is -0.180. The molecule has 6 nitrogen and oxygen atoms in total. The summed E-state index contributed by atoms with van der Waals surface area (Å²) in [7, 11) is 0. The Morgan fingerprint density at radius 3 is 2.65 bits per heavy atom. The molecule has 0 aromatic carbocycles. The number of carbonyl (C=O) groups excluding carboxylic acids is 3. The van der Waals surface area contributed by atoms with Crippen molar-refractivity contribution in [3.63, 3.8) is 0 Å². The summed E-state index contributed by atoms with van der Waals surface area (Å²) in [6.45, 7) is 6.42. The molecule has 2 atom stereocenters. The van der Waals surface area contributed by atoms with Gasteiger partial charge in [-0.05, 0) is 27.2 Å². The van der Waals surface area contributed by atoms with Crippen molar-refractivity contribution in [3.8, 4) is 0 Å². The van der Waals surface area contributed by atoms with E-state index in [4.69, 9.17) is 4.74 Å². The van der Waals surface area contributed by atoms with E-state index in [1.807, 2.05) is 4.90 Å². The largest absolute Gasteiger partial charge is 0.457 e. The van der Waals surface area contributed by atoms with Crippen molar-refractivity contribution in [2.75, 3.05) is 13.1 Å². The number of esters is 1. The van der Waals surface area contributed by atoms with E-state index in [1.165, 1.54) is 4.90 Å². The van der Waals surface area contributed by atoms with Crippen molar-refractivity contribution in [1.29, 1.82) is 0 Å². The smallest absolute Gasteiger partial charge is 0.356 e. The summed E-state index contributed by atoms with van der Waals surface area (Å²) in [6, 6.07) is -0.0285. The highest BCUT2D eigenvalue weighted by Gasteiger charge is 2.68. The molecule has 0 N–H and O–H groups in total. The van der Waals surface area contributed by atoms with E-state index in [0.29, 0.717) is 32.4 Å². The zero-order valence-electron chi connectivity index (χ0n) is 12.1. The monoisotopic (exact) mass is 280 g/mol. The van der Waals surface area contributed by atoms with Crippen molar-refractivity contribution in [3.05, 3.63) is 0 Å². The number of Topliss-reactive ketones (excluding diaryl/α,β-unsaturated/α-hetero) is 1. The van der Waals surface area contributed by atoms with E-state index in [2.05, 4.69) is 0 Å². The number of carbonyl (C=O) groups is 3. The van der Waals surface area contributed by atoms with Gasteiger partial charge in [0.25, 0.3) is 5.66 Å². The number of hydrogen-bond donors (Lipinski definition) is 0. The third-order valence-corrected chi connectivity index (χ3v) is 4.24. The van der Waals surface area contributed by atoms with Crippen LogP contribution in [-0.2, 0) is 19.1 Å². The maximum absolute atomic E-state index is 12.7. The number of ketones is 1. The highest BCUT2D eigenvalue weighted by atomic mass is 16.6. The Kier molecular flexibility index (Phi) is 2.73. The zero-order chi connectivity index (χ0) is 14.7. The standard InChI is InChI=1S/C14H20N2O4/c1-13(2,3)20-12(19)14-10(17)6-7-15(14)8-9-4-5-11(18)16(9)14/h9H,4-8H2,1-3H3/t9-,14+/m0/s1. The molecule has 3 rings (SSSR count). The number of ether oxygens (including phenoxy) is 1. The minimum Gasteiger partial charge on any atom is -0.457 e. The molecule has 3 fully saturated rings. The highest BCUT2D eigenvalue weighted by Crippen LogP contribution is 2.43. The Labute approximate surface area is 118 Å². The second kappa shape index (κ2) is 4.04. The maximum Gasteiger partial charge on any atom is 0.356 e. The van der Waals surface area contributed by atoms with Crippen molar-refractivity contribution < 1.29 is 19.1 Å². The minimum absolute atomic E-state index is 0.0285. The van der Waals surface area contributed by atoms with E-state index < -0.39 is 17.2 Å². The molecule has 0 radical (unpaired) electrons. The van der Waals surface area contributed by atoms with E-state index in [0.717, 1.165) is 0 Å². The van der Waals surface area contributed by atoms with E-state index in [-0.39, 0.29) is 17.7 Å². The van der Waals surface area contributed by atoms with Gasteiger partial charge in [-0.3, -0.25) is 14.5 Å². The minimum atomic E-state index is -1.48. The average molecular weight is 280 g/mol. The zero-order valence-corrected chi connectivity index (χ0v) is 12.1. The van der Waals surface area contributed by atoms with Crippen LogP contribution in [0.3, 0.4) is 0 Å². The molecule has 6 heteroatoms. The second-order valence-corrected chi connectivity index (χ2v) is 6.75. The summed E-state index contributed by atoms with van der Waals surface area (Å²) < 4.78 is 5.46. The molecule has 3 saturated heterocycles. The molecular formula is C14H20N2O4. The molecule has 3 aliphatic heterocycles. The third-order valence-electron chi connectivity index (χ3n) is 4.24. The lowest BCUT2D eigenvalue weighted by Crippen LogP contribution is -2.63. The van der Waals surface area contributed by atoms with E-state index in [1.54, 1.807) is 20.8 Å².